The van der Waals surface area contributed by atoms with E-state index in [2.05, 4.69) is 10.5 Å². The largest absolute Gasteiger partial charge is 0.293 e. The molecule has 4 rings (SSSR count). The van der Waals surface area contributed by atoms with Crippen molar-refractivity contribution in [3.05, 3.63) is 35.4 Å². The van der Waals surface area contributed by atoms with Crippen LogP contribution in [0.15, 0.2) is 29.4 Å². The smallest absolute Gasteiger partial charge is 0.243 e. The Morgan fingerprint density at radius 2 is 1.78 bits per heavy atom. The molecule has 23 heavy (non-hydrogen) atoms. The lowest BCUT2D eigenvalue weighted by molar-refractivity contribution is -0.123. The van der Waals surface area contributed by atoms with Gasteiger partial charge in [-0.3, -0.25) is 14.4 Å². The second-order valence-electron chi connectivity index (χ2n) is 6.91. The Kier molecular flexibility index (Phi) is 3.01. The first-order chi connectivity index (χ1) is 11.0. The molecule has 5 heteroatoms. The van der Waals surface area contributed by atoms with Gasteiger partial charge in [-0.2, -0.15) is 5.10 Å². The van der Waals surface area contributed by atoms with Gasteiger partial charge < -0.3 is 0 Å². The second kappa shape index (κ2) is 4.85. The zero-order valence-electron chi connectivity index (χ0n) is 13.0. The number of nitrogens with one attached hydrogen (secondary N) is 1. The number of fused-ring (bicyclic) bond motifs is 1. The Labute approximate surface area is 134 Å². The molecule has 1 amide bonds. The standard InChI is InChI=1S/C18H18N2O3/c1-10(19-20-17(23)13-9-18(13)7-4-8-18)14-15(21)11-5-2-3-6-12(11)16(14)22/h2-3,5-6,13-14H,4,7-9H2,1H3,(H,20,23)/b19-10-. The van der Waals surface area contributed by atoms with E-state index in [1.165, 1.54) is 6.42 Å². The fourth-order valence-corrected chi connectivity index (χ4v) is 3.91. The number of Topliss-reactive ketones (excluding diaryl/α,β-unsaturated/α-hetero) is 2. The molecule has 0 aliphatic heterocycles. The van der Waals surface area contributed by atoms with E-state index in [9.17, 15) is 14.4 Å². The Morgan fingerprint density at radius 1 is 1.17 bits per heavy atom. The summed E-state index contributed by atoms with van der Waals surface area (Å²) in [4.78, 5) is 36.9. The van der Waals surface area contributed by atoms with E-state index in [0.717, 1.165) is 19.3 Å². The minimum Gasteiger partial charge on any atom is -0.293 e. The fraction of sp³-hybridized carbons (Fsp3) is 0.444. The summed E-state index contributed by atoms with van der Waals surface area (Å²) in [6.45, 7) is 1.62. The van der Waals surface area contributed by atoms with Crippen molar-refractivity contribution in [1.29, 1.82) is 0 Å². The van der Waals surface area contributed by atoms with E-state index < -0.39 is 5.92 Å². The van der Waals surface area contributed by atoms with Gasteiger partial charge in [0.2, 0.25) is 5.91 Å². The number of nitrogens with zero attached hydrogens (tertiary/aromatic N) is 1. The molecule has 0 aromatic heterocycles. The number of carbonyl (C=O) groups excluding carboxylic acids is 3. The third-order valence-corrected chi connectivity index (χ3v) is 5.60. The highest BCUT2D eigenvalue weighted by Crippen LogP contribution is 2.65. The van der Waals surface area contributed by atoms with Crippen molar-refractivity contribution in [3.8, 4) is 0 Å². The molecule has 2 saturated carbocycles. The monoisotopic (exact) mass is 310 g/mol. The molecular weight excluding hydrogens is 292 g/mol. The third kappa shape index (κ3) is 2.06. The van der Waals surface area contributed by atoms with Crippen molar-refractivity contribution in [3.63, 3.8) is 0 Å². The van der Waals surface area contributed by atoms with E-state index in [1.54, 1.807) is 31.2 Å². The first kappa shape index (κ1) is 14.3. The number of hydrogen-bond donors (Lipinski definition) is 1. The molecule has 118 valence electrons. The van der Waals surface area contributed by atoms with E-state index in [0.29, 0.717) is 16.8 Å². The lowest BCUT2D eigenvalue weighted by atomic mass is 9.80. The molecule has 1 unspecified atom stereocenters. The summed E-state index contributed by atoms with van der Waals surface area (Å²) in [5, 5.41) is 4.05. The lowest BCUT2D eigenvalue weighted by Crippen LogP contribution is -2.30. The summed E-state index contributed by atoms with van der Waals surface area (Å²) in [5.41, 5.74) is 4.04. The molecule has 0 saturated heterocycles. The Morgan fingerprint density at radius 3 is 2.26 bits per heavy atom. The summed E-state index contributed by atoms with van der Waals surface area (Å²) >= 11 is 0. The van der Waals surface area contributed by atoms with Gasteiger partial charge in [0, 0.05) is 17.0 Å². The Hall–Kier alpha value is -2.30. The van der Waals surface area contributed by atoms with Crippen LogP contribution in [0.4, 0.5) is 0 Å². The molecule has 0 heterocycles. The maximum absolute atomic E-state index is 12.4. The molecule has 1 spiro atoms. The predicted octanol–water partition coefficient (Wildman–Crippen LogP) is 2.36. The van der Waals surface area contributed by atoms with Crippen LogP contribution in [0.5, 0.6) is 0 Å². The number of rotatable bonds is 3. The molecular formula is C18H18N2O3. The van der Waals surface area contributed by atoms with Crippen LogP contribution in [0.1, 0.15) is 53.3 Å². The molecule has 1 aromatic rings. The van der Waals surface area contributed by atoms with Crippen molar-refractivity contribution in [2.45, 2.75) is 32.6 Å². The first-order valence-electron chi connectivity index (χ1n) is 8.05. The average molecular weight is 310 g/mol. The van der Waals surface area contributed by atoms with Gasteiger partial charge >= 0.3 is 0 Å². The normalized spacial score (nSPS) is 25.3. The second-order valence-corrected chi connectivity index (χ2v) is 6.91. The number of hydrogen-bond acceptors (Lipinski definition) is 4. The minimum absolute atomic E-state index is 0.0555. The summed E-state index contributed by atoms with van der Waals surface area (Å²) < 4.78 is 0. The SMILES string of the molecule is C/C(=N/NC(=O)C1CC12CCC2)C1C(=O)c2ccccc2C1=O. The zero-order chi connectivity index (χ0) is 16.2. The molecule has 5 nitrogen and oxygen atoms in total. The molecule has 2 fully saturated rings. The van der Waals surface area contributed by atoms with Gasteiger partial charge in [-0.25, -0.2) is 5.43 Å². The number of amides is 1. The van der Waals surface area contributed by atoms with E-state index >= 15 is 0 Å². The lowest BCUT2D eigenvalue weighted by Gasteiger charge is -2.25. The van der Waals surface area contributed by atoms with Gasteiger partial charge in [-0.05, 0) is 31.6 Å². The van der Waals surface area contributed by atoms with Gasteiger partial charge in [0.15, 0.2) is 11.6 Å². The maximum Gasteiger partial charge on any atom is 0.243 e. The highest BCUT2D eigenvalue weighted by molar-refractivity contribution is 6.36. The molecule has 1 N–H and O–H groups in total. The highest BCUT2D eigenvalue weighted by atomic mass is 16.2. The van der Waals surface area contributed by atoms with Gasteiger partial charge in [0.25, 0.3) is 0 Å². The average Bonchev–Trinajstić information content (AvgIpc) is 3.24. The Bertz CT molecular complexity index is 726. The molecule has 0 bridgehead atoms. The van der Waals surface area contributed by atoms with Gasteiger partial charge in [-0.15, -0.1) is 0 Å². The molecule has 1 aromatic carbocycles. The molecule has 3 aliphatic carbocycles. The fourth-order valence-electron chi connectivity index (χ4n) is 3.91. The van der Waals surface area contributed by atoms with Crippen LogP contribution < -0.4 is 5.43 Å². The third-order valence-electron chi connectivity index (χ3n) is 5.60. The van der Waals surface area contributed by atoms with E-state index in [-0.39, 0.29) is 28.8 Å². The van der Waals surface area contributed by atoms with Crippen LogP contribution in [-0.4, -0.2) is 23.2 Å². The predicted molar refractivity (Wildman–Crippen MR) is 84.2 cm³/mol. The van der Waals surface area contributed by atoms with Crippen LogP contribution in [0, 0.1) is 17.3 Å². The molecule has 3 aliphatic rings. The van der Waals surface area contributed by atoms with Gasteiger partial charge in [0.05, 0.1) is 5.71 Å². The van der Waals surface area contributed by atoms with E-state index in [1.807, 2.05) is 0 Å². The van der Waals surface area contributed by atoms with Crippen LogP contribution in [-0.2, 0) is 4.79 Å². The molecule has 1 atom stereocenters. The Balaban J connectivity index is 1.47. The summed E-state index contributed by atoms with van der Waals surface area (Å²) in [6, 6.07) is 6.80. The minimum atomic E-state index is -0.899. The van der Waals surface area contributed by atoms with Crippen molar-refractivity contribution in [2.75, 3.05) is 0 Å². The van der Waals surface area contributed by atoms with Crippen molar-refractivity contribution in [1.82, 2.24) is 5.43 Å². The number of carbonyl (C=O) groups is 3. The summed E-state index contributed by atoms with van der Waals surface area (Å²) in [7, 11) is 0. The summed E-state index contributed by atoms with van der Waals surface area (Å²) in [6.07, 6.45) is 4.40. The van der Waals surface area contributed by atoms with Crippen molar-refractivity contribution < 1.29 is 14.4 Å². The highest BCUT2D eigenvalue weighted by Gasteiger charge is 2.61. The van der Waals surface area contributed by atoms with Crippen LogP contribution in [0.3, 0.4) is 0 Å². The van der Waals surface area contributed by atoms with Gasteiger partial charge in [0.1, 0.15) is 5.92 Å². The number of benzene rings is 1. The summed E-state index contributed by atoms with van der Waals surface area (Å²) in [5.74, 6) is -1.39. The quantitative estimate of drug-likeness (QED) is 0.529. The zero-order valence-corrected chi connectivity index (χ0v) is 13.0. The van der Waals surface area contributed by atoms with E-state index in [4.69, 9.17) is 0 Å². The van der Waals surface area contributed by atoms with Crippen LogP contribution in [0.2, 0.25) is 0 Å². The van der Waals surface area contributed by atoms with Gasteiger partial charge in [-0.1, -0.05) is 30.7 Å². The number of ketones is 2. The van der Waals surface area contributed by atoms with Crippen molar-refractivity contribution >= 4 is 23.2 Å². The van der Waals surface area contributed by atoms with Crippen LogP contribution in [0.25, 0.3) is 0 Å². The number of hydrazone groups is 1. The van der Waals surface area contributed by atoms with Crippen LogP contribution >= 0.6 is 0 Å². The first-order valence-corrected chi connectivity index (χ1v) is 8.05. The molecule has 0 radical (unpaired) electrons. The van der Waals surface area contributed by atoms with Crippen molar-refractivity contribution in [2.24, 2.45) is 22.4 Å². The maximum atomic E-state index is 12.4. The topological polar surface area (TPSA) is 75.6 Å².